The molecule has 19 heavy (non-hydrogen) atoms. The normalized spacial score (nSPS) is 9.95. The third-order valence-corrected chi connectivity index (χ3v) is 2.70. The molecule has 6 heteroatoms. The average molecular weight is 254 g/mol. The van der Waals surface area contributed by atoms with Crippen molar-refractivity contribution in [2.24, 2.45) is 10.4 Å². The highest BCUT2D eigenvalue weighted by Crippen LogP contribution is 2.27. The van der Waals surface area contributed by atoms with Gasteiger partial charge in [0.15, 0.2) is 0 Å². The van der Waals surface area contributed by atoms with E-state index in [1.165, 1.54) is 18.2 Å². The summed E-state index contributed by atoms with van der Waals surface area (Å²) < 4.78 is 0. The number of rotatable bonds is 4. The van der Waals surface area contributed by atoms with Gasteiger partial charge in [0.25, 0.3) is 0 Å². The molecule has 0 unspecified atom stereocenters. The molecule has 0 amide bonds. The summed E-state index contributed by atoms with van der Waals surface area (Å²) in [5.74, 6) is 0. The van der Waals surface area contributed by atoms with Gasteiger partial charge in [-0.25, -0.2) is 0 Å². The van der Waals surface area contributed by atoms with Crippen molar-refractivity contribution < 1.29 is 0 Å². The lowest BCUT2D eigenvalue weighted by Crippen LogP contribution is -2.06. The van der Waals surface area contributed by atoms with Crippen LogP contribution in [0.2, 0.25) is 0 Å². The summed E-state index contributed by atoms with van der Waals surface area (Å²) >= 11 is 0. The number of nitroso groups, excluding NO2 is 2. The summed E-state index contributed by atoms with van der Waals surface area (Å²) in [6.07, 6.45) is 1.56. The lowest BCUT2D eigenvalue weighted by molar-refractivity contribution is 1.22. The molecule has 0 saturated carbocycles. The van der Waals surface area contributed by atoms with Gasteiger partial charge in [-0.15, -0.1) is 9.81 Å². The second kappa shape index (κ2) is 5.26. The van der Waals surface area contributed by atoms with Gasteiger partial charge in [0.2, 0.25) is 0 Å². The molecule has 0 saturated heterocycles. The average Bonchev–Trinajstić information content (AvgIpc) is 2.46. The third kappa shape index (κ3) is 2.42. The van der Waals surface area contributed by atoms with Crippen LogP contribution in [-0.4, -0.2) is 10.7 Å². The largest absolute Gasteiger partial charge is 0.298 e. The maximum absolute atomic E-state index is 10.8. The van der Waals surface area contributed by atoms with Crippen molar-refractivity contribution in [3.05, 3.63) is 63.2 Å². The SMILES string of the molecule is Cc1cccnc1C(=N)c1cc(N=O)ccc1N=O. The quantitative estimate of drug-likeness (QED) is 0.666. The Morgan fingerprint density at radius 1 is 1.21 bits per heavy atom. The first kappa shape index (κ1) is 12.7. The summed E-state index contributed by atoms with van der Waals surface area (Å²) in [6.45, 7) is 1.81. The fourth-order valence-electron chi connectivity index (χ4n) is 1.74. The number of nitrogens with zero attached hydrogens (tertiary/aromatic N) is 3. The van der Waals surface area contributed by atoms with Gasteiger partial charge in [-0.05, 0) is 47.1 Å². The monoisotopic (exact) mass is 254 g/mol. The molecular weight excluding hydrogens is 244 g/mol. The van der Waals surface area contributed by atoms with Gasteiger partial charge in [0, 0.05) is 11.8 Å². The smallest absolute Gasteiger partial charge is 0.117 e. The first-order valence-corrected chi connectivity index (χ1v) is 5.49. The van der Waals surface area contributed by atoms with Gasteiger partial charge in [0.1, 0.15) is 11.4 Å². The highest BCUT2D eigenvalue weighted by molar-refractivity contribution is 6.13. The van der Waals surface area contributed by atoms with Crippen molar-refractivity contribution >= 4 is 17.1 Å². The summed E-state index contributed by atoms with van der Waals surface area (Å²) in [5.41, 5.74) is 1.75. The van der Waals surface area contributed by atoms with E-state index in [0.717, 1.165) is 5.56 Å². The molecule has 0 radical (unpaired) electrons. The number of hydrogen-bond acceptors (Lipinski definition) is 6. The van der Waals surface area contributed by atoms with Crippen molar-refractivity contribution in [1.82, 2.24) is 4.98 Å². The van der Waals surface area contributed by atoms with E-state index in [4.69, 9.17) is 5.41 Å². The number of benzene rings is 1. The van der Waals surface area contributed by atoms with E-state index in [2.05, 4.69) is 15.3 Å². The van der Waals surface area contributed by atoms with Crippen LogP contribution in [0, 0.1) is 22.1 Å². The highest BCUT2D eigenvalue weighted by Gasteiger charge is 2.14. The lowest BCUT2D eigenvalue weighted by atomic mass is 10.0. The lowest BCUT2D eigenvalue weighted by Gasteiger charge is -2.08. The third-order valence-electron chi connectivity index (χ3n) is 2.70. The van der Waals surface area contributed by atoms with E-state index in [-0.39, 0.29) is 22.6 Å². The van der Waals surface area contributed by atoms with E-state index < -0.39 is 0 Å². The van der Waals surface area contributed by atoms with Gasteiger partial charge < -0.3 is 0 Å². The Labute approximate surface area is 109 Å². The molecular formula is C13H10N4O2. The molecule has 94 valence electrons. The topological polar surface area (TPSA) is 95.6 Å². The van der Waals surface area contributed by atoms with Gasteiger partial charge in [-0.2, -0.15) is 0 Å². The molecule has 0 atom stereocenters. The van der Waals surface area contributed by atoms with Crippen LogP contribution in [0.1, 0.15) is 16.8 Å². The van der Waals surface area contributed by atoms with Crippen molar-refractivity contribution in [3.63, 3.8) is 0 Å². The molecule has 1 aromatic heterocycles. The number of pyridine rings is 1. The van der Waals surface area contributed by atoms with E-state index in [1.807, 2.05) is 13.0 Å². The number of aromatic nitrogens is 1. The Morgan fingerprint density at radius 2 is 2.00 bits per heavy atom. The van der Waals surface area contributed by atoms with E-state index in [9.17, 15) is 9.81 Å². The summed E-state index contributed by atoms with van der Waals surface area (Å²) in [4.78, 5) is 25.4. The number of aryl methyl sites for hydroxylation is 1. The molecule has 6 nitrogen and oxygen atoms in total. The van der Waals surface area contributed by atoms with Crippen LogP contribution < -0.4 is 0 Å². The molecule has 0 bridgehead atoms. The Balaban J connectivity index is 2.58. The standard InChI is InChI=1S/C13H10N4O2/c1-8-3-2-6-15-13(8)12(14)10-7-9(16-18)4-5-11(10)17-19/h2-7,14H,1H3. The van der Waals surface area contributed by atoms with Gasteiger partial charge in [-0.1, -0.05) is 6.07 Å². The summed E-state index contributed by atoms with van der Waals surface area (Å²) in [6, 6.07) is 7.68. The van der Waals surface area contributed by atoms with Crippen LogP contribution in [0.3, 0.4) is 0 Å². The molecule has 2 aromatic rings. The fraction of sp³-hybridized carbons (Fsp3) is 0.0769. The fourth-order valence-corrected chi connectivity index (χ4v) is 1.74. The van der Waals surface area contributed by atoms with Gasteiger partial charge in [-0.3, -0.25) is 10.4 Å². The van der Waals surface area contributed by atoms with Crippen LogP contribution >= 0.6 is 0 Å². The van der Waals surface area contributed by atoms with Crippen molar-refractivity contribution in [2.45, 2.75) is 6.92 Å². The van der Waals surface area contributed by atoms with Crippen LogP contribution in [0.25, 0.3) is 0 Å². The minimum absolute atomic E-state index is 0.0400. The first-order chi connectivity index (χ1) is 9.17. The minimum Gasteiger partial charge on any atom is -0.298 e. The second-order valence-electron chi connectivity index (χ2n) is 3.93. The number of nitrogens with one attached hydrogen (secondary N) is 1. The zero-order valence-corrected chi connectivity index (χ0v) is 10.1. The zero-order chi connectivity index (χ0) is 13.8. The highest BCUT2D eigenvalue weighted by atomic mass is 16.3. The van der Waals surface area contributed by atoms with E-state index in [0.29, 0.717) is 5.69 Å². The molecule has 0 aliphatic rings. The molecule has 1 N–H and O–H groups in total. The Hall–Kier alpha value is -2.76. The second-order valence-corrected chi connectivity index (χ2v) is 3.93. The van der Waals surface area contributed by atoms with Crippen LogP contribution in [0.4, 0.5) is 11.4 Å². The molecule has 1 heterocycles. The Bertz CT molecular complexity index is 667. The molecule has 0 fully saturated rings. The maximum atomic E-state index is 10.8. The Kier molecular flexibility index (Phi) is 3.51. The summed E-state index contributed by atoms with van der Waals surface area (Å²) in [7, 11) is 0. The van der Waals surface area contributed by atoms with Gasteiger partial charge in [0.05, 0.1) is 11.4 Å². The zero-order valence-electron chi connectivity index (χ0n) is 10.1. The van der Waals surface area contributed by atoms with E-state index >= 15 is 0 Å². The molecule has 0 spiro atoms. The van der Waals surface area contributed by atoms with Crippen LogP contribution in [-0.2, 0) is 0 Å². The van der Waals surface area contributed by atoms with Crippen LogP contribution in [0.15, 0.2) is 46.9 Å². The molecule has 1 aromatic carbocycles. The Morgan fingerprint density at radius 3 is 2.63 bits per heavy atom. The number of hydrogen-bond donors (Lipinski definition) is 1. The molecule has 0 aliphatic carbocycles. The van der Waals surface area contributed by atoms with Crippen molar-refractivity contribution in [2.75, 3.05) is 0 Å². The molecule has 2 rings (SSSR count). The van der Waals surface area contributed by atoms with E-state index in [1.54, 1.807) is 12.3 Å². The predicted molar refractivity (Wildman–Crippen MR) is 72.3 cm³/mol. The maximum Gasteiger partial charge on any atom is 0.117 e. The first-order valence-electron chi connectivity index (χ1n) is 5.49. The predicted octanol–water partition coefficient (Wildman–Crippen LogP) is 3.60. The van der Waals surface area contributed by atoms with Crippen molar-refractivity contribution in [3.8, 4) is 0 Å². The molecule has 0 aliphatic heterocycles. The van der Waals surface area contributed by atoms with Crippen LogP contribution in [0.5, 0.6) is 0 Å². The van der Waals surface area contributed by atoms with Crippen molar-refractivity contribution in [1.29, 1.82) is 5.41 Å². The van der Waals surface area contributed by atoms with Gasteiger partial charge >= 0.3 is 0 Å². The minimum atomic E-state index is 0.0400. The summed E-state index contributed by atoms with van der Waals surface area (Å²) in [5, 5.41) is 13.8.